The number of rotatable bonds is 4. The third-order valence-corrected chi connectivity index (χ3v) is 7.08. The molecule has 122 valence electrons. The number of benzene rings is 1. The van der Waals surface area contributed by atoms with Gasteiger partial charge in [-0.25, -0.2) is 0 Å². The largest absolute Gasteiger partial charge is 0.369 e. The molecule has 3 saturated carbocycles. The molecule has 1 aromatic rings. The zero-order valence-electron chi connectivity index (χ0n) is 13.2. The Bertz CT molecular complexity index is 653. The van der Waals surface area contributed by atoms with Gasteiger partial charge in [-0.2, -0.15) is 0 Å². The molecule has 4 atom stereocenters. The van der Waals surface area contributed by atoms with Crippen LogP contribution in [0.5, 0.6) is 0 Å². The first kappa shape index (κ1) is 15.1. The van der Waals surface area contributed by atoms with Crippen LogP contribution >= 0.6 is 11.8 Å². The van der Waals surface area contributed by atoms with E-state index in [0.29, 0.717) is 11.8 Å². The number of hydrogen-bond donors (Lipinski definition) is 2. The summed E-state index contributed by atoms with van der Waals surface area (Å²) < 4.78 is 0. The molecule has 2 bridgehead atoms. The fraction of sp³-hybridized carbons (Fsp3) is 0.556. The van der Waals surface area contributed by atoms with Crippen LogP contribution in [0.1, 0.15) is 25.7 Å². The molecule has 0 saturated heterocycles. The van der Waals surface area contributed by atoms with Gasteiger partial charge in [-0.1, -0.05) is 0 Å². The zero-order valence-corrected chi connectivity index (χ0v) is 14.1. The van der Waals surface area contributed by atoms with Crippen LogP contribution in [-0.2, 0) is 9.59 Å². The number of primary amides is 1. The number of nitrogens with two attached hydrogens (primary N) is 1. The van der Waals surface area contributed by atoms with Gasteiger partial charge in [-0.3, -0.25) is 9.59 Å². The highest BCUT2D eigenvalue weighted by atomic mass is 32.2. The van der Waals surface area contributed by atoms with E-state index < -0.39 is 0 Å². The van der Waals surface area contributed by atoms with E-state index in [1.165, 1.54) is 0 Å². The van der Waals surface area contributed by atoms with Crippen LogP contribution in [0.15, 0.2) is 29.2 Å². The van der Waals surface area contributed by atoms with E-state index >= 15 is 0 Å². The Morgan fingerprint density at radius 2 is 1.74 bits per heavy atom. The summed E-state index contributed by atoms with van der Waals surface area (Å²) in [5.74, 6) is -0.156. The second kappa shape index (κ2) is 5.26. The minimum Gasteiger partial charge on any atom is -0.369 e. The van der Waals surface area contributed by atoms with Gasteiger partial charge in [0.25, 0.3) is 0 Å². The second-order valence-electron chi connectivity index (χ2n) is 7.20. The minimum atomic E-state index is -0.290. The summed E-state index contributed by atoms with van der Waals surface area (Å²) in [6, 6.07) is 7.83. The van der Waals surface area contributed by atoms with Crippen LogP contribution in [0.25, 0.3) is 0 Å². The summed E-state index contributed by atoms with van der Waals surface area (Å²) in [6.45, 7) is 0. The maximum Gasteiger partial charge on any atom is 0.228 e. The molecule has 3 aliphatic rings. The lowest BCUT2D eigenvalue weighted by Gasteiger charge is -2.27. The maximum atomic E-state index is 12.9. The number of nitrogens with one attached hydrogen (secondary N) is 1. The summed E-state index contributed by atoms with van der Waals surface area (Å²) in [6.07, 6.45) is 6.48. The van der Waals surface area contributed by atoms with Crippen molar-refractivity contribution in [3.63, 3.8) is 0 Å². The van der Waals surface area contributed by atoms with Crippen molar-refractivity contribution in [3.05, 3.63) is 24.3 Å². The first-order valence-electron chi connectivity index (χ1n) is 8.31. The van der Waals surface area contributed by atoms with Gasteiger partial charge in [0.1, 0.15) is 0 Å². The molecule has 1 spiro atoms. The zero-order chi connectivity index (χ0) is 16.2. The quantitative estimate of drug-likeness (QED) is 0.834. The van der Waals surface area contributed by atoms with Crippen LogP contribution in [0.4, 0.5) is 5.69 Å². The fourth-order valence-corrected chi connectivity index (χ4v) is 5.70. The van der Waals surface area contributed by atoms with Crippen molar-refractivity contribution in [2.24, 2.45) is 34.8 Å². The molecule has 4 unspecified atom stereocenters. The molecule has 4 nitrogen and oxygen atoms in total. The predicted octanol–water partition coefficient (Wildman–Crippen LogP) is 2.88. The molecule has 3 N–H and O–H groups in total. The average molecular weight is 330 g/mol. The van der Waals surface area contributed by atoms with Crippen molar-refractivity contribution in [1.82, 2.24) is 0 Å². The molecule has 0 radical (unpaired) electrons. The Balaban J connectivity index is 1.56. The van der Waals surface area contributed by atoms with E-state index in [1.807, 2.05) is 30.5 Å². The fourth-order valence-electron chi connectivity index (χ4n) is 5.29. The lowest BCUT2D eigenvalue weighted by atomic mass is 9.78. The highest BCUT2D eigenvalue weighted by Crippen LogP contribution is 2.74. The molecule has 2 amide bonds. The monoisotopic (exact) mass is 330 g/mol. The van der Waals surface area contributed by atoms with E-state index in [9.17, 15) is 9.59 Å². The standard InChI is InChI=1S/C18H22N2O2S/c1-23-11-4-2-10(3-5-11)20-17(22)15-13-7-6-12(14(15)16(19)21)18(13)8-9-18/h2-5,12-15H,6-9H2,1H3,(H2,19,21)(H,20,22). The van der Waals surface area contributed by atoms with E-state index in [1.54, 1.807) is 11.8 Å². The van der Waals surface area contributed by atoms with Crippen LogP contribution in [0.2, 0.25) is 0 Å². The predicted molar refractivity (Wildman–Crippen MR) is 90.9 cm³/mol. The van der Waals surface area contributed by atoms with Gasteiger partial charge in [-0.15, -0.1) is 11.8 Å². The molecule has 0 heterocycles. The van der Waals surface area contributed by atoms with Crippen LogP contribution in [-0.4, -0.2) is 18.1 Å². The van der Waals surface area contributed by atoms with Gasteiger partial charge in [0.05, 0.1) is 11.8 Å². The van der Waals surface area contributed by atoms with Gasteiger partial charge in [0, 0.05) is 10.6 Å². The van der Waals surface area contributed by atoms with E-state index in [4.69, 9.17) is 5.73 Å². The van der Waals surface area contributed by atoms with Crippen molar-refractivity contribution >= 4 is 29.3 Å². The number of hydrogen-bond acceptors (Lipinski definition) is 3. The molecule has 3 fully saturated rings. The van der Waals surface area contributed by atoms with Crippen molar-refractivity contribution in [2.45, 2.75) is 30.6 Å². The van der Waals surface area contributed by atoms with E-state index in [2.05, 4.69) is 5.32 Å². The highest BCUT2D eigenvalue weighted by Gasteiger charge is 2.71. The SMILES string of the molecule is CSc1ccc(NC(=O)C2C(C(N)=O)C3CCC2C32CC2)cc1. The highest BCUT2D eigenvalue weighted by molar-refractivity contribution is 7.98. The molecule has 3 aliphatic carbocycles. The number of thioether (sulfide) groups is 1. The van der Waals surface area contributed by atoms with Gasteiger partial charge in [0.2, 0.25) is 11.8 Å². The third-order valence-electron chi connectivity index (χ3n) is 6.34. The smallest absolute Gasteiger partial charge is 0.228 e. The van der Waals surface area contributed by atoms with E-state index in [-0.39, 0.29) is 29.1 Å². The molecule has 1 aromatic carbocycles. The first-order chi connectivity index (χ1) is 11.1. The lowest BCUT2D eigenvalue weighted by molar-refractivity contribution is -0.132. The average Bonchev–Trinajstić information content (AvgIpc) is 3.21. The van der Waals surface area contributed by atoms with Gasteiger partial charge in [0.15, 0.2) is 0 Å². The maximum absolute atomic E-state index is 12.9. The lowest BCUT2D eigenvalue weighted by Crippen LogP contribution is -2.40. The van der Waals surface area contributed by atoms with Crippen molar-refractivity contribution in [3.8, 4) is 0 Å². The summed E-state index contributed by atoms with van der Waals surface area (Å²) in [5, 5.41) is 3.01. The van der Waals surface area contributed by atoms with Crippen molar-refractivity contribution < 1.29 is 9.59 Å². The molecular weight excluding hydrogens is 308 g/mol. The molecular formula is C18H22N2O2S. The minimum absolute atomic E-state index is 0.0239. The summed E-state index contributed by atoms with van der Waals surface area (Å²) in [7, 11) is 0. The Kier molecular flexibility index (Phi) is 3.45. The molecule has 23 heavy (non-hydrogen) atoms. The second-order valence-corrected chi connectivity index (χ2v) is 8.07. The number of amides is 2. The van der Waals surface area contributed by atoms with Gasteiger partial charge >= 0.3 is 0 Å². The molecule has 0 aromatic heterocycles. The first-order valence-corrected chi connectivity index (χ1v) is 9.53. The molecule has 0 aliphatic heterocycles. The Morgan fingerprint density at radius 3 is 2.26 bits per heavy atom. The molecule has 4 rings (SSSR count). The van der Waals surface area contributed by atoms with Gasteiger partial charge in [-0.05, 0) is 73.5 Å². The number of carbonyl (C=O) groups is 2. The third kappa shape index (κ3) is 2.20. The van der Waals surface area contributed by atoms with Gasteiger partial charge < -0.3 is 11.1 Å². The van der Waals surface area contributed by atoms with Crippen molar-refractivity contribution in [1.29, 1.82) is 0 Å². The topological polar surface area (TPSA) is 72.2 Å². The number of carbonyl (C=O) groups excluding carboxylic acids is 2. The summed E-state index contributed by atoms with van der Waals surface area (Å²) in [5.41, 5.74) is 6.72. The Hall–Kier alpha value is -1.49. The van der Waals surface area contributed by atoms with Crippen LogP contribution in [0, 0.1) is 29.1 Å². The Labute approximate surface area is 140 Å². The normalized spacial score (nSPS) is 32.9. The van der Waals surface area contributed by atoms with Crippen LogP contribution < -0.4 is 11.1 Å². The van der Waals surface area contributed by atoms with E-state index in [0.717, 1.165) is 36.3 Å². The molecule has 5 heteroatoms. The summed E-state index contributed by atoms with van der Waals surface area (Å²) >= 11 is 1.67. The number of anilines is 1. The summed E-state index contributed by atoms with van der Waals surface area (Å²) in [4.78, 5) is 26.0. The van der Waals surface area contributed by atoms with Crippen LogP contribution in [0.3, 0.4) is 0 Å². The van der Waals surface area contributed by atoms with Crippen molar-refractivity contribution in [2.75, 3.05) is 11.6 Å². The Morgan fingerprint density at radius 1 is 1.13 bits per heavy atom.